The number of hydrogen-bond acceptors (Lipinski definition) is 3. The molecule has 0 spiro atoms. The summed E-state index contributed by atoms with van der Waals surface area (Å²) in [5.41, 5.74) is 3.45. The van der Waals surface area contributed by atoms with Gasteiger partial charge in [-0.1, -0.05) is 30.3 Å². The molecule has 0 aromatic heterocycles. The molecule has 2 aliphatic heterocycles. The first kappa shape index (κ1) is 17.2. The zero-order valence-corrected chi connectivity index (χ0v) is 17.5. The van der Waals surface area contributed by atoms with Gasteiger partial charge >= 0.3 is 36.3 Å². The third kappa shape index (κ3) is 2.76. The van der Waals surface area contributed by atoms with Crippen molar-refractivity contribution in [1.29, 1.82) is 0 Å². The summed E-state index contributed by atoms with van der Waals surface area (Å²) < 4.78 is 6.22. The molecule has 0 amide bonds. The second kappa shape index (κ2) is 6.83. The van der Waals surface area contributed by atoms with E-state index in [1.165, 1.54) is 16.5 Å². The van der Waals surface area contributed by atoms with Crippen LogP contribution in [-0.4, -0.2) is 6.04 Å². The molecule has 0 radical (unpaired) electrons. The number of fused-ring (bicyclic) bond motifs is 3. The molecule has 5 heteroatoms. The first-order valence-corrected chi connectivity index (χ1v) is 12.5. The molecule has 3 aromatic rings. The second-order valence-electron chi connectivity index (χ2n) is 6.38. The van der Waals surface area contributed by atoms with E-state index >= 15 is 0 Å². The third-order valence-corrected chi connectivity index (χ3v) is 4.60. The number of rotatable bonds is 1. The average molecular weight is 536 g/mol. The van der Waals surface area contributed by atoms with Crippen LogP contribution >= 0.6 is 19.0 Å². The van der Waals surface area contributed by atoms with Crippen LogP contribution in [0.4, 0.5) is 17.1 Å². The minimum absolute atomic E-state index is 0.399. The van der Waals surface area contributed by atoms with E-state index in [9.17, 15) is 0 Å². The van der Waals surface area contributed by atoms with Gasteiger partial charge in [0.2, 0.25) is 0 Å². The van der Waals surface area contributed by atoms with E-state index in [0.29, 0.717) is 6.04 Å². The van der Waals surface area contributed by atoms with E-state index in [0.717, 1.165) is 22.9 Å². The van der Waals surface area contributed by atoms with E-state index in [2.05, 4.69) is 96.1 Å². The number of anilines is 3. The predicted molar refractivity (Wildman–Crippen MR) is 109 cm³/mol. The molecule has 0 unspecified atom stereocenters. The van der Waals surface area contributed by atoms with Gasteiger partial charge in [0.05, 0.1) is 11.4 Å². The molecule has 0 N–H and O–H groups in total. The average Bonchev–Trinajstić information content (AvgIpc) is 3.04. The molecule has 0 atom stereocenters. The van der Waals surface area contributed by atoms with Crippen LogP contribution in [0, 0.1) is 6.67 Å². The van der Waals surface area contributed by atoms with Crippen LogP contribution < -0.4 is 14.5 Å². The van der Waals surface area contributed by atoms with Crippen LogP contribution in [0.2, 0.25) is 0 Å². The fourth-order valence-corrected chi connectivity index (χ4v) is 3.48. The summed E-state index contributed by atoms with van der Waals surface area (Å²) in [4.78, 5) is 4.56. The van der Waals surface area contributed by atoms with E-state index in [4.69, 9.17) is 4.74 Å². The van der Waals surface area contributed by atoms with Gasteiger partial charge < -0.3 is 14.5 Å². The number of halogens is 1. The molecule has 0 saturated carbocycles. The first-order valence-electron chi connectivity index (χ1n) is 8.10. The Hall–Kier alpha value is -1.21. The maximum atomic E-state index is 6.22. The monoisotopic (exact) mass is 535 g/mol. The molecule has 132 valence electrons. The molecule has 3 aromatic carbocycles. The van der Waals surface area contributed by atoms with Crippen molar-refractivity contribution in [3.63, 3.8) is 0 Å². The Morgan fingerprint density at radius 3 is 2.36 bits per heavy atom. The normalized spacial score (nSPS) is 14.0. The molecular weight excluding hydrogens is 519 g/mol. The van der Waals surface area contributed by atoms with E-state index < -0.39 is 0 Å². The zero-order valence-electron chi connectivity index (χ0n) is 13.8. The van der Waals surface area contributed by atoms with Gasteiger partial charge in [0, 0.05) is 5.69 Å². The van der Waals surface area contributed by atoms with Crippen LogP contribution in [-0.2, 0) is 17.3 Å². The summed E-state index contributed by atoms with van der Waals surface area (Å²) in [5.74, 6) is 1.83. The third-order valence-electron chi connectivity index (χ3n) is 4.60. The predicted octanol–water partition coefficient (Wildman–Crippen LogP) is 6.31. The SMILES string of the molecule is CC(C)N1[CH-]N2c3cc4ccccc4cc3Oc3cccc1c32.[Ag][I]. The second-order valence-corrected chi connectivity index (χ2v) is 6.38. The zero-order chi connectivity index (χ0) is 17.6. The molecule has 25 heavy (non-hydrogen) atoms. The minimum atomic E-state index is 0.399. The Bertz CT molecular complexity index is 944. The van der Waals surface area contributed by atoms with E-state index in [1.54, 1.807) is 0 Å². The Balaban J connectivity index is 0.000000758. The van der Waals surface area contributed by atoms with E-state index in [1.807, 2.05) is 25.1 Å². The number of nitrogens with zero attached hydrogens (tertiary/aromatic N) is 2. The molecule has 2 heterocycles. The molecule has 0 saturated heterocycles. The van der Waals surface area contributed by atoms with Crippen molar-refractivity contribution in [3.8, 4) is 11.5 Å². The summed E-state index contributed by atoms with van der Waals surface area (Å²) in [6.45, 7) is 6.60. The molecule has 2 aliphatic rings. The fraction of sp³-hybridized carbons (Fsp3) is 0.150. The van der Waals surface area contributed by atoms with Crippen LogP contribution in [0.1, 0.15) is 13.8 Å². The van der Waals surface area contributed by atoms with Gasteiger partial charge in [-0.3, -0.25) is 0 Å². The Labute approximate surface area is 170 Å². The van der Waals surface area contributed by atoms with Gasteiger partial charge in [-0.25, -0.2) is 0 Å². The van der Waals surface area contributed by atoms with Crippen LogP contribution in [0.15, 0.2) is 54.6 Å². The molecule has 0 aliphatic carbocycles. The van der Waals surface area contributed by atoms with Crippen molar-refractivity contribution in [1.82, 2.24) is 0 Å². The van der Waals surface area contributed by atoms with Crippen molar-refractivity contribution >= 4 is 46.9 Å². The van der Waals surface area contributed by atoms with Crippen LogP contribution in [0.25, 0.3) is 10.8 Å². The number of hydrogen-bond donors (Lipinski definition) is 0. The molecule has 0 bridgehead atoms. The summed E-state index contributed by atoms with van der Waals surface area (Å²) in [6.07, 6.45) is 0. The Kier molecular flexibility index (Phi) is 4.71. The number of ether oxygens (including phenoxy) is 1. The van der Waals surface area contributed by atoms with Gasteiger partial charge in [-0.05, 0) is 54.9 Å². The van der Waals surface area contributed by atoms with Gasteiger partial charge in [0.15, 0.2) is 5.75 Å². The first-order chi connectivity index (χ1) is 12.2. The van der Waals surface area contributed by atoms with Gasteiger partial charge in [-0.2, -0.15) is 0 Å². The topological polar surface area (TPSA) is 15.7 Å². The molecular formula is C20H17AgIN2O-. The standard InChI is InChI=1S/C20H17N2O.Ag.HI/c1-13(2)21-12-22-17-10-14-6-3-4-7-15(14)11-19(17)23-18-9-5-8-16(21)20(18)22;;/h3-13H,1-2H3;;1H/q-1;+1;/p-1. The number of para-hydroxylation sites is 1. The number of benzene rings is 3. The van der Waals surface area contributed by atoms with Gasteiger partial charge in [0.1, 0.15) is 5.75 Å². The Morgan fingerprint density at radius 1 is 0.920 bits per heavy atom. The summed E-state index contributed by atoms with van der Waals surface area (Å²) in [5, 5.41) is 2.43. The van der Waals surface area contributed by atoms with E-state index in [-0.39, 0.29) is 0 Å². The van der Waals surface area contributed by atoms with Gasteiger partial charge in [0.25, 0.3) is 0 Å². The molecule has 3 nitrogen and oxygen atoms in total. The summed E-state index contributed by atoms with van der Waals surface area (Å²) in [7, 11) is 0. The molecule has 5 rings (SSSR count). The summed E-state index contributed by atoms with van der Waals surface area (Å²) in [6, 6.07) is 19.4. The quantitative estimate of drug-likeness (QED) is 0.206. The van der Waals surface area contributed by atoms with Gasteiger partial charge in [-0.15, -0.1) is 6.67 Å². The van der Waals surface area contributed by atoms with Crippen molar-refractivity contribution in [2.45, 2.75) is 19.9 Å². The van der Waals surface area contributed by atoms with Crippen molar-refractivity contribution in [3.05, 3.63) is 61.3 Å². The van der Waals surface area contributed by atoms with Crippen LogP contribution in [0.5, 0.6) is 11.5 Å². The molecule has 0 fully saturated rings. The fourth-order valence-electron chi connectivity index (χ4n) is 3.48. The summed E-state index contributed by atoms with van der Waals surface area (Å²) >= 11 is 4.88. The Morgan fingerprint density at radius 2 is 1.64 bits per heavy atom. The van der Waals surface area contributed by atoms with Crippen LogP contribution in [0.3, 0.4) is 0 Å². The van der Waals surface area contributed by atoms with Crippen molar-refractivity contribution < 1.29 is 22.0 Å². The van der Waals surface area contributed by atoms with Crippen molar-refractivity contribution in [2.75, 3.05) is 9.80 Å². The maximum absolute atomic E-state index is 6.22. The van der Waals surface area contributed by atoms with Crippen molar-refractivity contribution in [2.24, 2.45) is 0 Å².